The second-order valence-electron chi connectivity index (χ2n) is 5.73. The van der Waals surface area contributed by atoms with Crippen LogP contribution in [0.25, 0.3) is 0 Å². The Labute approximate surface area is 138 Å². The van der Waals surface area contributed by atoms with Gasteiger partial charge in [-0.15, -0.1) is 0 Å². The van der Waals surface area contributed by atoms with E-state index in [2.05, 4.69) is 96.8 Å². The van der Waals surface area contributed by atoms with Gasteiger partial charge in [0.2, 0.25) is 0 Å². The molecule has 2 heterocycles. The molecule has 0 radical (unpaired) electrons. The van der Waals surface area contributed by atoms with Crippen LogP contribution in [0.3, 0.4) is 0 Å². The molecular formula is C21H23N2+. The van der Waals surface area contributed by atoms with Crippen LogP contribution in [0.1, 0.15) is 18.2 Å². The van der Waals surface area contributed by atoms with Crippen molar-refractivity contribution in [3.8, 4) is 0 Å². The largest absolute Gasteiger partial charge is 0.286 e. The Balaban J connectivity index is 2.22. The first-order valence-corrected chi connectivity index (χ1v) is 8.10. The van der Waals surface area contributed by atoms with Gasteiger partial charge in [-0.25, -0.2) is 4.57 Å². The summed E-state index contributed by atoms with van der Waals surface area (Å²) >= 11 is 0. The monoisotopic (exact) mass is 303 g/mol. The number of hydrogen-bond donors (Lipinski definition) is 0. The molecular weight excluding hydrogens is 280 g/mol. The number of allylic oxidation sites excluding steroid dienone is 4. The van der Waals surface area contributed by atoms with Crippen molar-refractivity contribution in [1.29, 1.82) is 0 Å². The minimum absolute atomic E-state index is 0.918. The van der Waals surface area contributed by atoms with Crippen molar-refractivity contribution in [3.63, 3.8) is 0 Å². The summed E-state index contributed by atoms with van der Waals surface area (Å²) in [6, 6.07) is 15.0. The summed E-state index contributed by atoms with van der Waals surface area (Å²) in [5.41, 5.74) is 4.76. The lowest BCUT2D eigenvalue weighted by molar-refractivity contribution is -0.666. The van der Waals surface area contributed by atoms with E-state index in [1.54, 1.807) is 0 Å². The van der Waals surface area contributed by atoms with Gasteiger partial charge in [0.15, 0.2) is 0 Å². The highest BCUT2D eigenvalue weighted by molar-refractivity contribution is 5.69. The molecule has 3 rings (SSSR count). The maximum absolute atomic E-state index is 4.30. The number of aryl methyl sites for hydroxylation is 1. The maximum Gasteiger partial charge on any atom is 0.286 e. The Morgan fingerprint density at radius 3 is 2.74 bits per heavy atom. The molecule has 2 nitrogen and oxygen atoms in total. The quantitative estimate of drug-likeness (QED) is 0.746. The Morgan fingerprint density at radius 2 is 1.91 bits per heavy atom. The van der Waals surface area contributed by atoms with Gasteiger partial charge in [0, 0.05) is 18.1 Å². The average molecular weight is 303 g/mol. The molecule has 0 bridgehead atoms. The zero-order chi connectivity index (χ0) is 16.2. The van der Waals surface area contributed by atoms with Crippen LogP contribution in [0.15, 0.2) is 79.0 Å². The zero-order valence-corrected chi connectivity index (χ0v) is 13.9. The summed E-state index contributed by atoms with van der Waals surface area (Å²) < 4.78 is 2.25. The number of para-hydroxylation sites is 1. The Morgan fingerprint density at radius 1 is 1.09 bits per heavy atom. The van der Waals surface area contributed by atoms with Crippen molar-refractivity contribution in [1.82, 2.24) is 0 Å². The van der Waals surface area contributed by atoms with E-state index in [0.717, 1.165) is 24.4 Å². The van der Waals surface area contributed by atoms with Crippen LogP contribution in [0.5, 0.6) is 0 Å². The molecule has 2 aromatic rings. The van der Waals surface area contributed by atoms with Gasteiger partial charge in [0.1, 0.15) is 17.1 Å². The lowest BCUT2D eigenvalue weighted by Crippen LogP contribution is -2.40. The number of fused-ring (bicyclic) bond motifs is 1. The Hall–Kier alpha value is -2.61. The van der Waals surface area contributed by atoms with Gasteiger partial charge in [-0.2, -0.15) is 4.90 Å². The van der Waals surface area contributed by atoms with E-state index >= 15 is 0 Å². The second-order valence-corrected chi connectivity index (χ2v) is 5.73. The molecule has 0 atom stereocenters. The summed E-state index contributed by atoms with van der Waals surface area (Å²) in [5.74, 6) is 1.13. The Kier molecular flexibility index (Phi) is 4.42. The number of aromatic nitrogens is 1. The average Bonchev–Trinajstić information content (AvgIpc) is 2.64. The molecule has 0 N–H and O–H groups in total. The van der Waals surface area contributed by atoms with Crippen molar-refractivity contribution < 1.29 is 4.57 Å². The van der Waals surface area contributed by atoms with E-state index in [1.807, 2.05) is 0 Å². The fourth-order valence-electron chi connectivity index (χ4n) is 3.04. The number of benzene rings is 1. The summed E-state index contributed by atoms with van der Waals surface area (Å²) in [5, 5.41) is 0. The molecule has 0 unspecified atom stereocenters. The third-order valence-electron chi connectivity index (χ3n) is 4.29. The van der Waals surface area contributed by atoms with Gasteiger partial charge in [-0.05, 0) is 24.6 Å². The molecule has 116 valence electrons. The molecule has 0 saturated carbocycles. The summed E-state index contributed by atoms with van der Waals surface area (Å²) in [4.78, 5) is 2.25. The van der Waals surface area contributed by atoms with Crippen LogP contribution in [-0.4, -0.2) is 0 Å². The van der Waals surface area contributed by atoms with Crippen molar-refractivity contribution in [2.75, 3.05) is 4.90 Å². The van der Waals surface area contributed by atoms with Gasteiger partial charge in [0.25, 0.3) is 5.82 Å². The molecule has 2 heteroatoms. The third kappa shape index (κ3) is 2.98. The normalized spacial score (nSPS) is 17.0. The number of hydrogen-bond acceptors (Lipinski definition) is 1. The third-order valence-corrected chi connectivity index (χ3v) is 4.29. The topological polar surface area (TPSA) is 7.12 Å². The van der Waals surface area contributed by atoms with Crippen molar-refractivity contribution in [2.24, 2.45) is 7.05 Å². The highest BCUT2D eigenvalue weighted by Gasteiger charge is 2.26. The van der Waals surface area contributed by atoms with E-state index in [9.17, 15) is 0 Å². The van der Waals surface area contributed by atoms with Gasteiger partial charge in [-0.3, -0.25) is 0 Å². The first-order valence-electron chi connectivity index (χ1n) is 8.10. The Bertz CT molecular complexity index is 784. The predicted molar refractivity (Wildman–Crippen MR) is 96.7 cm³/mol. The molecule has 0 fully saturated rings. The molecule has 1 aromatic carbocycles. The summed E-state index contributed by atoms with van der Waals surface area (Å²) in [7, 11) is 2.12. The molecule has 0 saturated heterocycles. The fourth-order valence-corrected chi connectivity index (χ4v) is 3.04. The van der Waals surface area contributed by atoms with E-state index in [4.69, 9.17) is 0 Å². The standard InChI is InChI=1S/C21H23N2/c1-4-19-14-10-16-21(22(19)3)23-17(2)11-6-5-7-12-18-13-8-9-15-20(18)23/h5-11,13-16H,2,4,12H2,1,3H3/q+1/b7-5-,11-6-. The van der Waals surface area contributed by atoms with Crippen molar-refractivity contribution >= 4 is 11.5 Å². The van der Waals surface area contributed by atoms with E-state index in [0.29, 0.717) is 0 Å². The molecule has 1 aromatic heterocycles. The highest BCUT2D eigenvalue weighted by Crippen LogP contribution is 2.31. The SMILES string of the molecule is C=C1/C=C\C=C/Cc2ccccc2N1c1cccc(CC)[n+]1C. The molecule has 1 aliphatic heterocycles. The lowest BCUT2D eigenvalue weighted by atomic mass is 10.1. The second kappa shape index (κ2) is 6.66. The van der Waals surface area contributed by atoms with Gasteiger partial charge in [0.05, 0.1) is 7.05 Å². The van der Waals surface area contributed by atoms with Crippen LogP contribution in [0.4, 0.5) is 11.5 Å². The fraction of sp³-hybridized carbons (Fsp3) is 0.190. The number of nitrogens with zero attached hydrogens (tertiary/aromatic N) is 2. The van der Waals surface area contributed by atoms with Crippen LogP contribution >= 0.6 is 0 Å². The van der Waals surface area contributed by atoms with E-state index < -0.39 is 0 Å². The van der Waals surface area contributed by atoms with Crippen molar-refractivity contribution in [2.45, 2.75) is 19.8 Å². The molecule has 0 spiro atoms. The first-order chi connectivity index (χ1) is 11.2. The molecule has 0 aliphatic carbocycles. The van der Waals surface area contributed by atoms with E-state index in [1.165, 1.54) is 16.9 Å². The lowest BCUT2D eigenvalue weighted by Gasteiger charge is -2.21. The molecule has 1 aliphatic rings. The highest BCUT2D eigenvalue weighted by atomic mass is 15.2. The van der Waals surface area contributed by atoms with Crippen molar-refractivity contribution in [3.05, 3.63) is 90.3 Å². The maximum atomic E-state index is 4.30. The summed E-state index contributed by atoms with van der Waals surface area (Å²) in [6.45, 7) is 6.49. The first kappa shape index (κ1) is 15.3. The molecule has 23 heavy (non-hydrogen) atoms. The van der Waals surface area contributed by atoms with Crippen LogP contribution < -0.4 is 9.47 Å². The minimum atomic E-state index is 0.918. The van der Waals surface area contributed by atoms with Crippen LogP contribution in [0, 0.1) is 0 Å². The van der Waals surface area contributed by atoms with E-state index in [-0.39, 0.29) is 0 Å². The van der Waals surface area contributed by atoms with Gasteiger partial charge >= 0.3 is 0 Å². The zero-order valence-electron chi connectivity index (χ0n) is 13.9. The van der Waals surface area contributed by atoms with Gasteiger partial charge in [-0.1, -0.05) is 56.0 Å². The minimum Gasteiger partial charge on any atom is -0.234 e. The molecule has 0 amide bonds. The number of pyridine rings is 1. The predicted octanol–water partition coefficient (Wildman–Crippen LogP) is 4.39. The van der Waals surface area contributed by atoms with Gasteiger partial charge < -0.3 is 0 Å². The smallest absolute Gasteiger partial charge is 0.234 e. The van der Waals surface area contributed by atoms with Crippen LogP contribution in [-0.2, 0) is 19.9 Å². The number of rotatable bonds is 2. The number of anilines is 2. The summed E-state index contributed by atoms with van der Waals surface area (Å²) in [6.07, 6.45) is 10.3. The van der Waals surface area contributed by atoms with Crippen LogP contribution in [0.2, 0.25) is 0 Å².